The van der Waals surface area contributed by atoms with Crippen molar-refractivity contribution in [3.05, 3.63) is 66.9 Å². The highest BCUT2D eigenvalue weighted by Gasteiger charge is 2.21. The lowest BCUT2D eigenvalue weighted by Crippen LogP contribution is -2.33. The molecule has 1 aromatic carbocycles. The van der Waals surface area contributed by atoms with Gasteiger partial charge in [0.05, 0.1) is 11.9 Å². The predicted octanol–water partition coefficient (Wildman–Crippen LogP) is 3.20. The number of benzene rings is 1. The molecule has 33 heavy (non-hydrogen) atoms. The molecular formula is C23H25N9O. The Balaban J connectivity index is 1.49. The number of aromatic nitrogens is 5. The summed E-state index contributed by atoms with van der Waals surface area (Å²) >= 11 is 0. The highest BCUT2D eigenvalue weighted by molar-refractivity contribution is 6.03. The molecule has 1 aliphatic rings. The summed E-state index contributed by atoms with van der Waals surface area (Å²) in [6.07, 6.45) is 8.37. The minimum atomic E-state index is -0.361. The second kappa shape index (κ2) is 9.21. The maximum atomic E-state index is 13.0. The Morgan fingerprint density at radius 3 is 2.61 bits per heavy atom. The van der Waals surface area contributed by atoms with Gasteiger partial charge in [-0.25, -0.2) is 19.5 Å². The molecule has 10 heteroatoms. The van der Waals surface area contributed by atoms with E-state index in [4.69, 9.17) is 10.8 Å². The third-order valence-electron chi connectivity index (χ3n) is 5.70. The molecule has 3 aromatic heterocycles. The van der Waals surface area contributed by atoms with Crippen LogP contribution < -0.4 is 21.7 Å². The Morgan fingerprint density at radius 2 is 1.85 bits per heavy atom. The zero-order valence-electron chi connectivity index (χ0n) is 18.0. The quantitative estimate of drug-likeness (QED) is 0.357. The molecule has 0 saturated heterocycles. The van der Waals surface area contributed by atoms with Crippen LogP contribution in [-0.4, -0.2) is 42.6 Å². The van der Waals surface area contributed by atoms with Gasteiger partial charge in [0.1, 0.15) is 18.0 Å². The fourth-order valence-electron chi connectivity index (χ4n) is 3.98. The first-order valence-electron chi connectivity index (χ1n) is 11.0. The van der Waals surface area contributed by atoms with Gasteiger partial charge in [-0.2, -0.15) is 0 Å². The zero-order valence-corrected chi connectivity index (χ0v) is 18.0. The van der Waals surface area contributed by atoms with Gasteiger partial charge in [0.25, 0.3) is 5.91 Å². The summed E-state index contributed by atoms with van der Waals surface area (Å²) in [7, 11) is 0. The first-order chi connectivity index (χ1) is 16.2. The highest BCUT2D eigenvalue weighted by atomic mass is 16.2. The molecule has 4 aromatic rings. The Hall–Kier alpha value is -4.05. The molecule has 10 nitrogen and oxygen atoms in total. The molecule has 1 aliphatic carbocycles. The van der Waals surface area contributed by atoms with Crippen LogP contribution in [0.5, 0.6) is 0 Å². The summed E-state index contributed by atoms with van der Waals surface area (Å²) in [6.45, 7) is 0. The van der Waals surface area contributed by atoms with Gasteiger partial charge < -0.3 is 21.7 Å². The number of hydrogen-bond acceptors (Lipinski definition) is 8. The number of amides is 1. The molecule has 168 valence electrons. The van der Waals surface area contributed by atoms with E-state index in [0.29, 0.717) is 23.0 Å². The van der Waals surface area contributed by atoms with Crippen LogP contribution in [0.4, 0.5) is 23.0 Å². The number of nitrogens with two attached hydrogens (primary N) is 1. The minimum Gasteiger partial charge on any atom is -0.366 e. The van der Waals surface area contributed by atoms with E-state index >= 15 is 0 Å². The van der Waals surface area contributed by atoms with E-state index in [2.05, 4.69) is 30.9 Å². The number of nitrogens with one attached hydrogen (secondary N) is 3. The molecule has 5 N–H and O–H groups in total. The van der Waals surface area contributed by atoms with Gasteiger partial charge in [0.15, 0.2) is 11.3 Å². The normalized spacial score (nSPS) is 18.1. The number of carbonyl (C=O) groups excluding carboxylic acids is 1. The highest BCUT2D eigenvalue weighted by Crippen LogP contribution is 2.27. The SMILES string of the molecule is N[C@H]1CC[C@H](Nc2cc(Nc3ccccc3)c3ncc(C(=O)Nc4ccncn4)n3n2)CC1. The van der Waals surface area contributed by atoms with Gasteiger partial charge in [-0.3, -0.25) is 4.79 Å². The van der Waals surface area contributed by atoms with Crippen molar-refractivity contribution in [2.75, 3.05) is 16.0 Å². The van der Waals surface area contributed by atoms with Crippen LogP contribution in [-0.2, 0) is 0 Å². The van der Waals surface area contributed by atoms with Gasteiger partial charge in [-0.05, 0) is 43.9 Å². The summed E-state index contributed by atoms with van der Waals surface area (Å²) < 4.78 is 1.55. The summed E-state index contributed by atoms with van der Waals surface area (Å²) in [5.41, 5.74) is 8.56. The van der Waals surface area contributed by atoms with E-state index in [-0.39, 0.29) is 18.0 Å². The zero-order chi connectivity index (χ0) is 22.6. The number of fused-ring (bicyclic) bond motifs is 1. The van der Waals surface area contributed by atoms with Crippen molar-refractivity contribution in [2.45, 2.75) is 37.8 Å². The van der Waals surface area contributed by atoms with Gasteiger partial charge in [-0.1, -0.05) is 18.2 Å². The Morgan fingerprint density at radius 1 is 1.03 bits per heavy atom. The second-order valence-electron chi connectivity index (χ2n) is 8.12. The van der Waals surface area contributed by atoms with Gasteiger partial charge in [-0.15, -0.1) is 5.10 Å². The summed E-state index contributed by atoms with van der Waals surface area (Å²) in [5, 5.41) is 14.4. The fraction of sp³-hybridized carbons (Fsp3) is 0.261. The van der Waals surface area contributed by atoms with Gasteiger partial charge in [0.2, 0.25) is 0 Å². The minimum absolute atomic E-state index is 0.263. The van der Waals surface area contributed by atoms with E-state index in [1.165, 1.54) is 12.5 Å². The van der Waals surface area contributed by atoms with Crippen LogP contribution >= 0.6 is 0 Å². The van der Waals surface area contributed by atoms with E-state index in [9.17, 15) is 4.79 Å². The predicted molar refractivity (Wildman–Crippen MR) is 127 cm³/mol. The third-order valence-corrected chi connectivity index (χ3v) is 5.70. The largest absolute Gasteiger partial charge is 0.366 e. The smallest absolute Gasteiger partial charge is 0.277 e. The maximum Gasteiger partial charge on any atom is 0.277 e. The van der Waals surface area contributed by atoms with E-state index < -0.39 is 0 Å². The first-order valence-corrected chi connectivity index (χ1v) is 11.0. The number of para-hydroxylation sites is 1. The standard InChI is InChI=1S/C23H25N9O/c24-15-6-8-17(9-7-15)29-21-12-18(28-16-4-2-1-3-5-16)22-26-13-19(32(22)31-21)23(33)30-20-10-11-25-14-27-20/h1-5,10-15,17,28H,6-9,24H2,(H,29,31)(H,25,27,30,33)/t15-,17-. The van der Waals surface area contributed by atoms with E-state index in [0.717, 1.165) is 37.1 Å². The maximum absolute atomic E-state index is 13.0. The van der Waals surface area contributed by atoms with Crippen LogP contribution in [0, 0.1) is 0 Å². The van der Waals surface area contributed by atoms with Crippen molar-refractivity contribution in [1.29, 1.82) is 0 Å². The Bertz CT molecular complexity index is 1240. The number of nitrogens with zero attached hydrogens (tertiary/aromatic N) is 5. The van der Waals surface area contributed by atoms with Crippen molar-refractivity contribution < 1.29 is 4.79 Å². The van der Waals surface area contributed by atoms with Crippen LogP contribution in [0.3, 0.4) is 0 Å². The van der Waals surface area contributed by atoms with Crippen molar-refractivity contribution >= 4 is 34.6 Å². The number of imidazole rings is 1. The average molecular weight is 444 g/mol. The average Bonchev–Trinajstić information content (AvgIpc) is 3.26. The molecule has 0 unspecified atom stereocenters. The van der Waals surface area contributed by atoms with Gasteiger partial charge in [0, 0.05) is 30.0 Å². The molecule has 1 amide bonds. The first kappa shape index (κ1) is 20.8. The lowest BCUT2D eigenvalue weighted by molar-refractivity contribution is 0.102. The topological polar surface area (TPSA) is 135 Å². The molecule has 5 rings (SSSR count). The van der Waals surface area contributed by atoms with Crippen LogP contribution in [0.15, 0.2) is 61.2 Å². The molecular weight excluding hydrogens is 418 g/mol. The molecule has 0 spiro atoms. The molecule has 0 radical (unpaired) electrons. The molecule has 3 heterocycles. The van der Waals surface area contributed by atoms with Crippen LogP contribution in [0.25, 0.3) is 5.65 Å². The lowest BCUT2D eigenvalue weighted by Gasteiger charge is -2.27. The van der Waals surface area contributed by atoms with Gasteiger partial charge >= 0.3 is 0 Å². The van der Waals surface area contributed by atoms with Crippen LogP contribution in [0.2, 0.25) is 0 Å². The monoisotopic (exact) mass is 443 g/mol. The molecule has 1 fully saturated rings. The number of rotatable bonds is 6. The fourth-order valence-corrected chi connectivity index (χ4v) is 3.98. The van der Waals surface area contributed by atoms with Crippen LogP contribution in [0.1, 0.15) is 36.2 Å². The molecule has 0 atom stereocenters. The van der Waals surface area contributed by atoms with Crippen molar-refractivity contribution in [3.63, 3.8) is 0 Å². The second-order valence-corrected chi connectivity index (χ2v) is 8.12. The third kappa shape index (κ3) is 4.75. The molecule has 1 saturated carbocycles. The number of hydrogen-bond donors (Lipinski definition) is 4. The van der Waals surface area contributed by atoms with Crippen molar-refractivity contribution in [2.24, 2.45) is 5.73 Å². The Labute approximate surface area is 190 Å². The van der Waals surface area contributed by atoms with E-state index in [1.54, 1.807) is 16.8 Å². The number of anilines is 4. The summed E-state index contributed by atoms with van der Waals surface area (Å²) in [4.78, 5) is 25.4. The van der Waals surface area contributed by atoms with E-state index in [1.807, 2.05) is 36.4 Å². The van der Waals surface area contributed by atoms with Crippen molar-refractivity contribution in [3.8, 4) is 0 Å². The summed E-state index contributed by atoms with van der Waals surface area (Å²) in [5.74, 6) is 0.705. The molecule has 0 aliphatic heterocycles. The summed E-state index contributed by atoms with van der Waals surface area (Å²) in [6, 6.07) is 13.9. The molecule has 0 bridgehead atoms. The van der Waals surface area contributed by atoms with Crippen molar-refractivity contribution in [1.82, 2.24) is 24.6 Å². The Kier molecular flexibility index (Phi) is 5.81. The number of carbonyl (C=O) groups is 1. The lowest BCUT2D eigenvalue weighted by atomic mass is 9.92.